The van der Waals surface area contributed by atoms with Gasteiger partial charge in [0, 0.05) is 22.6 Å². The zero-order valence-corrected chi connectivity index (χ0v) is 11.3. The van der Waals surface area contributed by atoms with Gasteiger partial charge in [-0.15, -0.1) is 0 Å². The predicted octanol–water partition coefficient (Wildman–Crippen LogP) is 2.76. The molecule has 90 valence electrons. The topological polar surface area (TPSA) is 29.3 Å². The number of hydrogen-bond acceptors (Lipinski definition) is 2. The van der Waals surface area contributed by atoms with Crippen molar-refractivity contribution in [3.63, 3.8) is 0 Å². The average molecular weight is 289 g/mol. The molecule has 0 aliphatic carbocycles. The van der Waals surface area contributed by atoms with Crippen LogP contribution >= 0.6 is 15.9 Å². The minimum Gasteiger partial charge on any atom is -0.328 e. The molecule has 2 N–H and O–H groups in total. The maximum absolute atomic E-state index is 13.5. The summed E-state index contributed by atoms with van der Waals surface area (Å²) in [5, 5.41) is 0. The van der Waals surface area contributed by atoms with Crippen molar-refractivity contribution in [3.05, 3.63) is 34.1 Å². The molecule has 0 heterocycles. The lowest BCUT2D eigenvalue weighted by Crippen LogP contribution is -2.26. The van der Waals surface area contributed by atoms with Gasteiger partial charge in [-0.2, -0.15) is 0 Å². The highest BCUT2D eigenvalue weighted by atomic mass is 79.9. The van der Waals surface area contributed by atoms with Gasteiger partial charge in [0.1, 0.15) is 5.82 Å². The van der Waals surface area contributed by atoms with Crippen LogP contribution in [0.1, 0.15) is 18.9 Å². The first kappa shape index (κ1) is 13.6. The van der Waals surface area contributed by atoms with Crippen LogP contribution in [-0.4, -0.2) is 24.5 Å². The molecule has 16 heavy (non-hydrogen) atoms. The molecule has 2 nitrogen and oxygen atoms in total. The van der Waals surface area contributed by atoms with Gasteiger partial charge in [-0.05, 0) is 45.1 Å². The monoisotopic (exact) mass is 288 g/mol. The van der Waals surface area contributed by atoms with E-state index in [-0.39, 0.29) is 11.9 Å². The lowest BCUT2D eigenvalue weighted by molar-refractivity contribution is 0.308. The van der Waals surface area contributed by atoms with E-state index in [1.807, 2.05) is 20.0 Å². The van der Waals surface area contributed by atoms with Crippen molar-refractivity contribution in [1.82, 2.24) is 4.90 Å². The molecule has 0 saturated heterocycles. The van der Waals surface area contributed by atoms with E-state index in [9.17, 15) is 4.39 Å². The van der Waals surface area contributed by atoms with E-state index in [1.165, 1.54) is 6.07 Å². The lowest BCUT2D eigenvalue weighted by Gasteiger charge is -2.18. The summed E-state index contributed by atoms with van der Waals surface area (Å²) >= 11 is 3.34. The standard InChI is InChI=1S/C12H18BrFN2/c1-9(15)5-6-16(2)8-10-7-11(13)3-4-12(10)14/h3-4,7,9H,5-6,8,15H2,1-2H3. The molecule has 0 radical (unpaired) electrons. The van der Waals surface area contributed by atoms with Crippen molar-refractivity contribution in [1.29, 1.82) is 0 Å². The molecule has 1 aromatic rings. The molecule has 0 aliphatic rings. The van der Waals surface area contributed by atoms with E-state index in [0.717, 1.165) is 17.4 Å². The van der Waals surface area contributed by atoms with Crippen molar-refractivity contribution in [2.24, 2.45) is 5.73 Å². The Morgan fingerprint density at radius 1 is 1.50 bits per heavy atom. The van der Waals surface area contributed by atoms with Crippen LogP contribution in [0.5, 0.6) is 0 Å². The largest absolute Gasteiger partial charge is 0.328 e. The van der Waals surface area contributed by atoms with E-state index in [4.69, 9.17) is 5.73 Å². The molecular weight excluding hydrogens is 271 g/mol. The summed E-state index contributed by atoms with van der Waals surface area (Å²) in [5.41, 5.74) is 6.39. The first-order valence-electron chi connectivity index (χ1n) is 5.37. The Bertz CT molecular complexity index is 342. The highest BCUT2D eigenvalue weighted by Gasteiger charge is 2.07. The molecule has 1 atom stereocenters. The first-order chi connectivity index (χ1) is 7.49. The van der Waals surface area contributed by atoms with Crippen LogP contribution in [0.3, 0.4) is 0 Å². The number of nitrogens with zero attached hydrogens (tertiary/aromatic N) is 1. The summed E-state index contributed by atoms with van der Waals surface area (Å²) in [6.45, 7) is 3.47. The van der Waals surface area contributed by atoms with Gasteiger partial charge >= 0.3 is 0 Å². The third-order valence-electron chi connectivity index (χ3n) is 2.41. The van der Waals surface area contributed by atoms with Crippen molar-refractivity contribution in [2.45, 2.75) is 25.9 Å². The molecule has 0 spiro atoms. The van der Waals surface area contributed by atoms with E-state index in [2.05, 4.69) is 20.8 Å². The van der Waals surface area contributed by atoms with Crippen LogP contribution in [0.25, 0.3) is 0 Å². The number of halogens is 2. The van der Waals surface area contributed by atoms with Crippen LogP contribution < -0.4 is 5.73 Å². The summed E-state index contributed by atoms with van der Waals surface area (Å²) in [6, 6.07) is 5.20. The predicted molar refractivity (Wildman–Crippen MR) is 68.7 cm³/mol. The second-order valence-corrected chi connectivity index (χ2v) is 5.16. The SMILES string of the molecule is CC(N)CCN(C)Cc1cc(Br)ccc1F. The molecule has 0 fully saturated rings. The summed E-state index contributed by atoms with van der Waals surface area (Å²) in [6.07, 6.45) is 0.923. The number of benzene rings is 1. The Balaban J connectivity index is 2.55. The van der Waals surface area contributed by atoms with Crippen LogP contribution in [0.2, 0.25) is 0 Å². The minimum absolute atomic E-state index is 0.157. The number of rotatable bonds is 5. The molecule has 0 aromatic heterocycles. The fourth-order valence-electron chi connectivity index (χ4n) is 1.46. The number of hydrogen-bond donors (Lipinski definition) is 1. The van der Waals surface area contributed by atoms with Gasteiger partial charge in [0.15, 0.2) is 0 Å². The molecule has 1 unspecified atom stereocenters. The fourth-order valence-corrected chi connectivity index (χ4v) is 1.87. The van der Waals surface area contributed by atoms with Crippen LogP contribution in [0.4, 0.5) is 4.39 Å². The molecule has 1 aromatic carbocycles. The average Bonchev–Trinajstić information content (AvgIpc) is 2.20. The lowest BCUT2D eigenvalue weighted by atomic mass is 10.2. The van der Waals surface area contributed by atoms with Crippen molar-refractivity contribution >= 4 is 15.9 Å². The smallest absolute Gasteiger partial charge is 0.127 e. The zero-order chi connectivity index (χ0) is 12.1. The van der Waals surface area contributed by atoms with Crippen molar-refractivity contribution in [3.8, 4) is 0 Å². The minimum atomic E-state index is -0.157. The van der Waals surface area contributed by atoms with E-state index in [0.29, 0.717) is 12.1 Å². The van der Waals surface area contributed by atoms with Gasteiger partial charge in [-0.1, -0.05) is 15.9 Å². The Morgan fingerprint density at radius 2 is 2.19 bits per heavy atom. The molecule has 4 heteroatoms. The van der Waals surface area contributed by atoms with Gasteiger partial charge in [-0.25, -0.2) is 4.39 Å². The van der Waals surface area contributed by atoms with Gasteiger partial charge < -0.3 is 10.6 Å². The van der Waals surface area contributed by atoms with Crippen LogP contribution in [0, 0.1) is 5.82 Å². The Hall–Kier alpha value is -0.450. The van der Waals surface area contributed by atoms with Gasteiger partial charge in [0.05, 0.1) is 0 Å². The zero-order valence-electron chi connectivity index (χ0n) is 9.71. The van der Waals surface area contributed by atoms with Gasteiger partial charge in [0.2, 0.25) is 0 Å². The third-order valence-corrected chi connectivity index (χ3v) is 2.91. The highest BCUT2D eigenvalue weighted by molar-refractivity contribution is 9.10. The maximum atomic E-state index is 13.5. The number of nitrogens with two attached hydrogens (primary N) is 1. The second-order valence-electron chi connectivity index (χ2n) is 4.24. The van der Waals surface area contributed by atoms with E-state index < -0.39 is 0 Å². The fraction of sp³-hybridized carbons (Fsp3) is 0.500. The molecular formula is C12H18BrFN2. The highest BCUT2D eigenvalue weighted by Crippen LogP contribution is 2.16. The Labute approximate surface area is 105 Å². The normalized spacial score (nSPS) is 13.1. The van der Waals surface area contributed by atoms with E-state index >= 15 is 0 Å². The Kier molecular flexibility index (Phi) is 5.38. The quantitative estimate of drug-likeness (QED) is 0.903. The molecule has 0 bridgehead atoms. The molecule has 0 amide bonds. The van der Waals surface area contributed by atoms with Crippen molar-refractivity contribution < 1.29 is 4.39 Å². The summed E-state index contributed by atoms with van der Waals surface area (Å²) in [4.78, 5) is 2.08. The maximum Gasteiger partial charge on any atom is 0.127 e. The molecule has 1 rings (SSSR count). The second kappa shape index (κ2) is 6.33. The summed E-state index contributed by atoms with van der Waals surface area (Å²) in [5.74, 6) is -0.157. The van der Waals surface area contributed by atoms with E-state index in [1.54, 1.807) is 6.07 Å². The van der Waals surface area contributed by atoms with Crippen LogP contribution in [-0.2, 0) is 6.54 Å². The van der Waals surface area contributed by atoms with Gasteiger partial charge in [0.25, 0.3) is 0 Å². The summed E-state index contributed by atoms with van der Waals surface area (Å²) < 4.78 is 14.4. The first-order valence-corrected chi connectivity index (χ1v) is 6.16. The van der Waals surface area contributed by atoms with Gasteiger partial charge in [-0.3, -0.25) is 0 Å². The van der Waals surface area contributed by atoms with Crippen LogP contribution in [0.15, 0.2) is 22.7 Å². The summed E-state index contributed by atoms with van der Waals surface area (Å²) in [7, 11) is 1.97. The molecule has 0 aliphatic heterocycles. The Morgan fingerprint density at radius 3 is 2.81 bits per heavy atom. The molecule has 0 saturated carbocycles. The third kappa shape index (κ3) is 4.60. The van der Waals surface area contributed by atoms with Crippen molar-refractivity contribution in [2.75, 3.05) is 13.6 Å².